The van der Waals surface area contributed by atoms with Crippen molar-refractivity contribution >= 4 is 129 Å². The van der Waals surface area contributed by atoms with E-state index in [-0.39, 0.29) is 44.5 Å². The van der Waals surface area contributed by atoms with Gasteiger partial charge >= 0.3 is 23.6 Å². The number of hydrogen-bond acceptors (Lipinski definition) is 23. The van der Waals surface area contributed by atoms with E-state index in [1.54, 1.807) is 119 Å². The van der Waals surface area contributed by atoms with Crippen LogP contribution in [-0.4, -0.2) is 143 Å². The van der Waals surface area contributed by atoms with E-state index in [1.165, 1.54) is 33.3 Å². The number of nitrogens with zero attached hydrogens (tertiary/aromatic N) is 8. The molecule has 4 aromatic heterocycles. The molecule has 0 spiro atoms. The summed E-state index contributed by atoms with van der Waals surface area (Å²) in [6.07, 6.45) is -1.59. The second kappa shape index (κ2) is 28.1. The molecule has 4 unspecified atom stereocenters. The molecule has 4 aliphatic rings. The lowest BCUT2D eigenvalue weighted by atomic mass is 9.94. The normalized spacial score (nSPS) is 18.1. The maximum Gasteiger partial charge on any atom is 0.485 e. The number of aliphatic carboxylic acids is 3. The quantitative estimate of drug-likeness (QED) is 0.0172. The third-order valence-corrected chi connectivity index (χ3v) is 16.5. The highest BCUT2D eigenvalue weighted by molar-refractivity contribution is 8.08. The molecule has 2 aromatic carbocycles. The summed E-state index contributed by atoms with van der Waals surface area (Å²) in [6, 6.07) is 25.2. The van der Waals surface area contributed by atoms with Crippen molar-refractivity contribution in [1.29, 1.82) is 0 Å². The summed E-state index contributed by atoms with van der Waals surface area (Å²) < 4.78 is 94.0. The Bertz CT molecular complexity index is 3750. The summed E-state index contributed by atoms with van der Waals surface area (Å²) in [5.41, 5.74) is 7.07. The van der Waals surface area contributed by atoms with Crippen LogP contribution in [0.1, 0.15) is 22.8 Å². The van der Waals surface area contributed by atoms with Crippen molar-refractivity contribution in [3.05, 3.63) is 154 Å². The van der Waals surface area contributed by atoms with Crippen LogP contribution < -0.4 is 46.0 Å². The average molecular weight is 1340 g/mol. The van der Waals surface area contributed by atoms with E-state index in [0.717, 1.165) is 22.7 Å². The van der Waals surface area contributed by atoms with Gasteiger partial charge in [0.2, 0.25) is 11.4 Å². The first-order chi connectivity index (χ1) is 41.9. The molecular weight excluding hydrogens is 1290 g/mol. The highest BCUT2D eigenvalue weighted by Gasteiger charge is 2.56. The van der Waals surface area contributed by atoms with E-state index < -0.39 is 87.5 Å². The van der Waals surface area contributed by atoms with E-state index >= 15 is 0 Å². The molecule has 8 heterocycles. The molecule has 4 amide bonds. The van der Waals surface area contributed by atoms with Crippen LogP contribution in [0.5, 0.6) is 11.5 Å². The van der Waals surface area contributed by atoms with Gasteiger partial charge in [-0.1, -0.05) is 46.7 Å². The van der Waals surface area contributed by atoms with Gasteiger partial charge in [0.15, 0.2) is 67.1 Å². The number of benzene rings is 2. The van der Waals surface area contributed by atoms with Gasteiger partial charge in [0, 0.05) is 46.5 Å². The third-order valence-electron chi connectivity index (χ3n) is 12.1. The Balaban J connectivity index is 0.000000206. The van der Waals surface area contributed by atoms with Crippen LogP contribution in [0.2, 0.25) is 0 Å². The van der Waals surface area contributed by atoms with Gasteiger partial charge in [0.05, 0.1) is 12.1 Å². The molecule has 468 valence electrons. The minimum Gasteiger partial charge on any atom is -0.741 e. The largest absolute Gasteiger partial charge is 0.741 e. The van der Waals surface area contributed by atoms with Gasteiger partial charge in [0.1, 0.15) is 53.3 Å². The smallest absolute Gasteiger partial charge is 0.485 e. The molecule has 0 aliphatic carbocycles. The predicted molar refractivity (Wildman–Crippen MR) is 301 cm³/mol. The number of carbonyl (C=O) groups is 7. The number of aromatic nitrogens is 4. The third kappa shape index (κ3) is 16.0. The Labute approximate surface area is 513 Å². The minimum absolute atomic E-state index is 0.105. The number of nitrogens with two attached hydrogens (primary N) is 2. The van der Waals surface area contributed by atoms with Crippen LogP contribution in [0.3, 0.4) is 0 Å². The van der Waals surface area contributed by atoms with Crippen molar-refractivity contribution in [3.8, 4) is 11.5 Å². The highest BCUT2D eigenvalue weighted by atomic mass is 32.2. The minimum atomic E-state index is -6.09. The fraction of sp³-hybridized carbons (Fsp3) is 0.196. The number of thioether (sulfide) groups is 2. The van der Waals surface area contributed by atoms with Gasteiger partial charge in [-0.2, -0.15) is 26.3 Å². The molecular formula is C51H42F6N12O15S5. The molecule has 89 heavy (non-hydrogen) atoms. The molecule has 0 bridgehead atoms. The molecule has 4 atom stereocenters. The lowest BCUT2D eigenvalue weighted by Crippen LogP contribution is -2.73. The number of oxime groups is 2. The second-order valence-electron chi connectivity index (χ2n) is 18.0. The molecule has 0 saturated carbocycles. The lowest BCUT2D eigenvalue weighted by Gasteiger charge is -2.49. The van der Waals surface area contributed by atoms with E-state index in [1.807, 2.05) is 24.3 Å². The number of hydrogen-bond donors (Lipinski definition) is 6. The van der Waals surface area contributed by atoms with Gasteiger partial charge in [-0.05, 0) is 36.4 Å². The number of nitrogens with one attached hydrogen (secondary N) is 2. The number of nitrogen functional groups attached to an aromatic ring is 2. The molecule has 4 aliphatic heterocycles. The van der Waals surface area contributed by atoms with Crippen molar-refractivity contribution in [3.63, 3.8) is 0 Å². The Morgan fingerprint density at radius 2 is 0.989 bits per heavy atom. The molecule has 0 radical (unpaired) electrons. The van der Waals surface area contributed by atoms with Crippen LogP contribution >= 0.6 is 46.2 Å². The molecule has 10 rings (SSSR count). The van der Waals surface area contributed by atoms with Crippen molar-refractivity contribution in [2.24, 2.45) is 24.4 Å². The van der Waals surface area contributed by atoms with Crippen LogP contribution in [0.4, 0.5) is 36.6 Å². The number of fused-ring (bicyclic) bond motifs is 2. The van der Waals surface area contributed by atoms with Gasteiger partial charge in [-0.15, -0.1) is 46.2 Å². The first kappa shape index (κ1) is 67.0. The Hall–Kier alpha value is -9.50. The summed E-state index contributed by atoms with van der Waals surface area (Å²) in [7, 11) is -2.48. The van der Waals surface area contributed by atoms with Crippen molar-refractivity contribution in [2.45, 2.75) is 35.9 Å². The fourth-order valence-corrected chi connectivity index (χ4v) is 11.9. The summed E-state index contributed by atoms with van der Waals surface area (Å²) in [5.74, 6) is -6.25. The monoisotopic (exact) mass is 1340 g/mol. The van der Waals surface area contributed by atoms with Gasteiger partial charge in [-0.25, -0.2) is 37.1 Å². The number of aryl methyl sites for hydroxylation is 2. The number of carboxylic acids is 3. The fourth-order valence-electron chi connectivity index (χ4n) is 8.08. The topological polar surface area (TPSA) is 400 Å². The van der Waals surface area contributed by atoms with Gasteiger partial charge in [-0.3, -0.25) is 29.0 Å². The van der Waals surface area contributed by atoms with Crippen LogP contribution in [-0.2, 0) is 57.8 Å². The molecule has 8 N–H and O–H groups in total. The number of para-hydroxylation sites is 2. The van der Waals surface area contributed by atoms with E-state index in [0.29, 0.717) is 44.2 Å². The first-order valence-corrected chi connectivity index (χ1v) is 29.7. The molecule has 6 aromatic rings. The number of carboxylic acid groups (broad SMARTS) is 3. The first-order valence-electron chi connectivity index (χ1n) is 24.6. The number of pyridine rings is 2. The number of rotatable bonds is 14. The number of β-lactam (4-membered cyclic amide) rings is 2. The summed E-state index contributed by atoms with van der Waals surface area (Å²) in [5, 5.41) is 45.6. The predicted octanol–water partition coefficient (Wildman–Crippen LogP) is 1.81. The van der Waals surface area contributed by atoms with Crippen molar-refractivity contribution < 1.29 is 107 Å². The molecule has 38 heteroatoms. The zero-order valence-corrected chi connectivity index (χ0v) is 49.1. The second-order valence-corrected chi connectivity index (χ2v) is 23.2. The average Bonchev–Trinajstić information content (AvgIpc) is 0.980. The van der Waals surface area contributed by atoms with Crippen LogP contribution in [0.25, 0.3) is 9.81 Å². The van der Waals surface area contributed by atoms with Gasteiger partial charge in [0.25, 0.3) is 23.6 Å². The summed E-state index contributed by atoms with van der Waals surface area (Å²) >= 11 is 4.92. The molecule has 2 saturated heterocycles. The Kier molecular flexibility index (Phi) is 21.2. The van der Waals surface area contributed by atoms with Crippen LogP contribution in [0, 0.1) is 0 Å². The Morgan fingerprint density at radius 1 is 0.652 bits per heavy atom. The number of anilines is 2. The molecule has 2 fully saturated rings. The number of alkyl halides is 6. The zero-order chi connectivity index (χ0) is 65.3. The lowest BCUT2D eigenvalue weighted by molar-refractivity contribution is -0.673. The number of halogens is 6. The summed E-state index contributed by atoms with van der Waals surface area (Å²) in [4.78, 5) is 108. The maximum absolute atomic E-state index is 13.2. The SMILES string of the molecule is C[n+]1ccccc1C1=C(C(=O)O)N2C(=O)C(NC(=O)C(=NOc3ccccc3)c3csc(N)n3)C2CS1.C[n+]1ccccc1C1=C(C(=O)O)N2C(=O)C(NC(=O)C(=NOc3ccccc3)c3csc(N)n3)C2CS1.O=C([O-])C(F)(F)F.O=S(=O)([O-])C(F)(F)F. The van der Waals surface area contributed by atoms with Gasteiger partial charge < -0.3 is 56.4 Å². The highest BCUT2D eigenvalue weighted by Crippen LogP contribution is 2.44. The van der Waals surface area contributed by atoms with E-state index in [4.69, 9.17) is 44.0 Å². The van der Waals surface area contributed by atoms with Crippen LogP contribution in [0.15, 0.2) is 142 Å². The van der Waals surface area contributed by atoms with E-state index in [9.17, 15) is 65.3 Å². The number of carbonyl (C=O) groups excluding carboxylic acids is 5. The number of amides is 4. The standard InChI is InChI=1S/2C24H20N6O5S2.C2HF3O2.CHF3O3S/c2*1-29-10-6-5-9-15(29)20-19(23(33)34)30-16(12-36-20)18(22(30)32)27-21(31)17(14-11-37-24(25)26-14)28-35-13-7-3-2-4-8-13;3-2(4,5)1(6)7;2-1(3,4)8(5,6)7/h2*2-11,16,18H,12H2,1H3,(H3-,25,26,27,31,33,34);(H,6,7);(H,5,6,7). The summed E-state index contributed by atoms with van der Waals surface area (Å²) in [6.45, 7) is 0. The number of thiazole rings is 2. The van der Waals surface area contributed by atoms with Crippen molar-refractivity contribution in [1.82, 2.24) is 30.4 Å². The Morgan fingerprint density at radius 3 is 1.27 bits per heavy atom. The zero-order valence-electron chi connectivity index (χ0n) is 45.0. The molecule has 27 nitrogen and oxygen atoms in total. The van der Waals surface area contributed by atoms with Crippen molar-refractivity contribution in [2.75, 3.05) is 23.0 Å². The maximum atomic E-state index is 13.2. The van der Waals surface area contributed by atoms with E-state index in [2.05, 4.69) is 30.9 Å².